The quantitative estimate of drug-likeness (QED) is 0.485. The van der Waals surface area contributed by atoms with E-state index in [4.69, 9.17) is 10.5 Å². The van der Waals surface area contributed by atoms with Gasteiger partial charge in [0.05, 0.1) is 13.2 Å². The third-order valence-electron chi connectivity index (χ3n) is 1.26. The van der Waals surface area contributed by atoms with Crippen molar-refractivity contribution in [3.05, 3.63) is 11.6 Å². The van der Waals surface area contributed by atoms with Gasteiger partial charge in [0, 0.05) is 6.54 Å². The maximum atomic E-state index is 5.28. The molecule has 0 aromatic rings. The predicted molar refractivity (Wildman–Crippen MR) is 48.5 cm³/mol. The molecule has 0 fully saturated rings. The number of rotatable bonds is 5. The summed E-state index contributed by atoms with van der Waals surface area (Å²) in [6.07, 6.45) is 2.20. The zero-order valence-corrected chi connectivity index (χ0v) is 7.76. The molecule has 1 unspecified atom stereocenters. The van der Waals surface area contributed by atoms with Crippen molar-refractivity contribution in [1.82, 2.24) is 0 Å². The van der Waals surface area contributed by atoms with Gasteiger partial charge < -0.3 is 10.5 Å². The molecule has 2 N–H and O–H groups in total. The number of hydrogen-bond donors (Lipinski definition) is 1. The van der Waals surface area contributed by atoms with Gasteiger partial charge in [0.2, 0.25) is 0 Å². The minimum Gasteiger partial charge on any atom is -0.380 e. The van der Waals surface area contributed by atoms with E-state index < -0.39 is 0 Å². The molecule has 0 heterocycles. The van der Waals surface area contributed by atoms with Crippen LogP contribution in [0.4, 0.5) is 0 Å². The van der Waals surface area contributed by atoms with Gasteiger partial charge in [-0.3, -0.25) is 0 Å². The molecule has 11 heavy (non-hydrogen) atoms. The van der Waals surface area contributed by atoms with Crippen LogP contribution in [0.2, 0.25) is 0 Å². The van der Waals surface area contributed by atoms with E-state index in [9.17, 15) is 0 Å². The van der Waals surface area contributed by atoms with Gasteiger partial charge in [-0.05, 0) is 19.8 Å². The molecule has 0 spiro atoms. The van der Waals surface area contributed by atoms with Gasteiger partial charge in [0.15, 0.2) is 0 Å². The Balaban J connectivity index is 3.37. The van der Waals surface area contributed by atoms with Gasteiger partial charge >= 0.3 is 0 Å². The molecule has 0 aromatic heterocycles. The first-order valence-electron chi connectivity index (χ1n) is 4.09. The third kappa shape index (κ3) is 7.56. The summed E-state index contributed by atoms with van der Waals surface area (Å²) in [5, 5.41) is 0. The van der Waals surface area contributed by atoms with Crippen molar-refractivity contribution in [2.24, 2.45) is 11.7 Å². The van der Waals surface area contributed by atoms with E-state index in [1.807, 2.05) is 0 Å². The molecule has 0 aromatic carbocycles. The molecule has 0 saturated heterocycles. The first-order valence-corrected chi connectivity index (χ1v) is 4.09. The number of ether oxygens (including phenoxy) is 1. The smallest absolute Gasteiger partial charge is 0.0589 e. The van der Waals surface area contributed by atoms with Crippen LogP contribution in [0.5, 0.6) is 0 Å². The summed E-state index contributed by atoms with van der Waals surface area (Å²) in [5.74, 6) is 0.506. The van der Waals surface area contributed by atoms with Crippen LogP contribution in [0.15, 0.2) is 11.6 Å². The fraction of sp³-hybridized carbons (Fsp3) is 0.778. The van der Waals surface area contributed by atoms with Crippen molar-refractivity contribution in [2.75, 3.05) is 19.8 Å². The molecule has 0 aliphatic carbocycles. The Bertz CT molecular complexity index is 117. The van der Waals surface area contributed by atoms with Crippen molar-refractivity contribution >= 4 is 0 Å². The Morgan fingerprint density at radius 2 is 2.18 bits per heavy atom. The van der Waals surface area contributed by atoms with E-state index in [2.05, 4.69) is 26.8 Å². The largest absolute Gasteiger partial charge is 0.380 e. The van der Waals surface area contributed by atoms with Gasteiger partial charge in [0.1, 0.15) is 0 Å². The number of nitrogens with two attached hydrogens (primary N) is 1. The van der Waals surface area contributed by atoms with Crippen LogP contribution < -0.4 is 5.73 Å². The fourth-order valence-corrected chi connectivity index (χ4v) is 0.970. The first kappa shape index (κ1) is 10.7. The Morgan fingerprint density at radius 1 is 1.55 bits per heavy atom. The van der Waals surface area contributed by atoms with Crippen LogP contribution in [0.1, 0.15) is 20.8 Å². The molecule has 0 saturated carbocycles. The normalized spacial score (nSPS) is 12.7. The van der Waals surface area contributed by atoms with E-state index in [1.165, 1.54) is 5.57 Å². The standard InChI is InChI=1S/C9H19NO/c1-8(2)6-9(3)7-11-5-4-10/h6,9H,4-5,7,10H2,1-3H3. The second-order valence-electron chi connectivity index (χ2n) is 3.08. The lowest BCUT2D eigenvalue weighted by atomic mass is 10.1. The van der Waals surface area contributed by atoms with E-state index in [0.717, 1.165) is 6.61 Å². The molecule has 0 radical (unpaired) electrons. The molecule has 0 rings (SSSR count). The summed E-state index contributed by atoms with van der Waals surface area (Å²) >= 11 is 0. The van der Waals surface area contributed by atoms with Gasteiger partial charge in [0.25, 0.3) is 0 Å². The highest BCUT2D eigenvalue weighted by Crippen LogP contribution is 2.01. The molecular weight excluding hydrogens is 138 g/mol. The van der Waals surface area contributed by atoms with Crippen molar-refractivity contribution in [1.29, 1.82) is 0 Å². The zero-order valence-electron chi connectivity index (χ0n) is 7.76. The highest BCUT2D eigenvalue weighted by molar-refractivity contribution is 4.95. The van der Waals surface area contributed by atoms with Crippen LogP contribution >= 0.6 is 0 Å². The van der Waals surface area contributed by atoms with E-state index >= 15 is 0 Å². The number of hydrogen-bond acceptors (Lipinski definition) is 2. The minimum absolute atomic E-state index is 0.506. The number of allylic oxidation sites excluding steroid dienone is 1. The van der Waals surface area contributed by atoms with Crippen LogP contribution in [0.25, 0.3) is 0 Å². The van der Waals surface area contributed by atoms with Crippen molar-refractivity contribution in [3.8, 4) is 0 Å². The molecule has 0 amide bonds. The molecule has 66 valence electrons. The first-order chi connectivity index (χ1) is 5.16. The fourth-order valence-electron chi connectivity index (χ4n) is 0.970. The molecular formula is C9H19NO. The lowest BCUT2D eigenvalue weighted by Crippen LogP contribution is -2.12. The summed E-state index contributed by atoms with van der Waals surface area (Å²) in [5.41, 5.74) is 6.62. The van der Waals surface area contributed by atoms with Crippen molar-refractivity contribution in [3.63, 3.8) is 0 Å². The second kappa shape index (κ2) is 6.38. The topological polar surface area (TPSA) is 35.2 Å². The van der Waals surface area contributed by atoms with Crippen LogP contribution in [-0.4, -0.2) is 19.8 Å². The monoisotopic (exact) mass is 157 g/mol. The SMILES string of the molecule is CC(C)=CC(C)COCCN. The molecule has 0 aliphatic rings. The summed E-state index contributed by atoms with van der Waals surface area (Å²) in [4.78, 5) is 0. The summed E-state index contributed by atoms with van der Waals surface area (Å²) < 4.78 is 5.28. The Hall–Kier alpha value is -0.340. The van der Waals surface area contributed by atoms with Gasteiger partial charge in [-0.2, -0.15) is 0 Å². The Labute approximate surface area is 69.4 Å². The maximum Gasteiger partial charge on any atom is 0.0589 e. The zero-order chi connectivity index (χ0) is 8.69. The van der Waals surface area contributed by atoms with Gasteiger partial charge in [-0.25, -0.2) is 0 Å². The predicted octanol–water partition coefficient (Wildman–Crippen LogP) is 1.56. The minimum atomic E-state index is 0.506. The van der Waals surface area contributed by atoms with Crippen molar-refractivity contribution in [2.45, 2.75) is 20.8 Å². The van der Waals surface area contributed by atoms with E-state index in [-0.39, 0.29) is 0 Å². The molecule has 1 atom stereocenters. The summed E-state index contributed by atoms with van der Waals surface area (Å²) in [6, 6.07) is 0. The lowest BCUT2D eigenvalue weighted by Gasteiger charge is -2.06. The summed E-state index contributed by atoms with van der Waals surface area (Å²) in [6.45, 7) is 8.40. The van der Waals surface area contributed by atoms with Gasteiger partial charge in [-0.15, -0.1) is 0 Å². The molecule has 2 heteroatoms. The lowest BCUT2D eigenvalue weighted by molar-refractivity contribution is 0.123. The highest BCUT2D eigenvalue weighted by atomic mass is 16.5. The molecule has 2 nitrogen and oxygen atoms in total. The highest BCUT2D eigenvalue weighted by Gasteiger charge is 1.96. The van der Waals surface area contributed by atoms with E-state index in [1.54, 1.807) is 0 Å². The van der Waals surface area contributed by atoms with Gasteiger partial charge in [-0.1, -0.05) is 18.6 Å². The average Bonchev–Trinajstić information content (AvgIpc) is 1.86. The summed E-state index contributed by atoms with van der Waals surface area (Å²) in [7, 11) is 0. The van der Waals surface area contributed by atoms with E-state index in [0.29, 0.717) is 19.1 Å². The second-order valence-corrected chi connectivity index (χ2v) is 3.08. The average molecular weight is 157 g/mol. The molecule has 0 aliphatic heterocycles. The maximum absolute atomic E-state index is 5.28. The van der Waals surface area contributed by atoms with Crippen molar-refractivity contribution < 1.29 is 4.74 Å². The van der Waals surface area contributed by atoms with Crippen LogP contribution in [0.3, 0.4) is 0 Å². The van der Waals surface area contributed by atoms with Crippen LogP contribution in [0, 0.1) is 5.92 Å². The Morgan fingerprint density at radius 3 is 2.64 bits per heavy atom. The third-order valence-corrected chi connectivity index (χ3v) is 1.26. The van der Waals surface area contributed by atoms with Crippen LogP contribution in [-0.2, 0) is 4.74 Å². The molecule has 0 bridgehead atoms. The Kier molecular flexibility index (Phi) is 6.18.